The molecule has 1 aliphatic rings. The summed E-state index contributed by atoms with van der Waals surface area (Å²) < 4.78 is 5.10. The van der Waals surface area contributed by atoms with Gasteiger partial charge in [-0.15, -0.1) is 0 Å². The number of hydrogen-bond donors (Lipinski definition) is 2. The second-order valence-electron chi connectivity index (χ2n) is 6.52. The van der Waals surface area contributed by atoms with E-state index in [1.165, 1.54) is 0 Å². The van der Waals surface area contributed by atoms with Gasteiger partial charge in [-0.2, -0.15) is 0 Å². The average molecular weight is 389 g/mol. The van der Waals surface area contributed by atoms with Crippen molar-refractivity contribution in [1.29, 1.82) is 0 Å². The van der Waals surface area contributed by atoms with E-state index in [1.807, 2.05) is 12.1 Å². The lowest BCUT2D eigenvalue weighted by molar-refractivity contribution is -0.160. The van der Waals surface area contributed by atoms with E-state index in [1.54, 1.807) is 6.07 Å². The summed E-state index contributed by atoms with van der Waals surface area (Å²) in [6, 6.07) is 5.51. The maximum Gasteiger partial charge on any atom is 0.339 e. The average Bonchev–Trinajstić information content (AvgIpc) is 2.78. The zero-order valence-electron chi connectivity index (χ0n) is 13.8. The molecule has 5 nitrogen and oxygen atoms in total. The van der Waals surface area contributed by atoms with Gasteiger partial charge in [0.15, 0.2) is 5.60 Å². The molecule has 1 heterocycles. The molecule has 1 unspecified atom stereocenters. The molecule has 0 spiro atoms. The minimum Gasteiger partial charge on any atom is -0.481 e. The van der Waals surface area contributed by atoms with Crippen LogP contribution in [-0.2, 0) is 20.7 Å². The van der Waals surface area contributed by atoms with E-state index in [0.717, 1.165) is 37.7 Å². The highest BCUT2D eigenvalue weighted by Gasteiger charge is 2.48. The van der Waals surface area contributed by atoms with Crippen LogP contribution in [0, 0.1) is 0 Å². The van der Waals surface area contributed by atoms with Gasteiger partial charge in [-0.05, 0) is 43.4 Å². The highest BCUT2D eigenvalue weighted by atomic mass is 35.5. The van der Waals surface area contributed by atoms with Crippen molar-refractivity contribution in [2.45, 2.75) is 63.1 Å². The second kappa shape index (κ2) is 8.88. The largest absolute Gasteiger partial charge is 0.481 e. The van der Waals surface area contributed by atoms with Gasteiger partial charge in [-0.1, -0.05) is 42.1 Å². The van der Waals surface area contributed by atoms with Crippen LogP contribution in [0.4, 0.5) is 0 Å². The van der Waals surface area contributed by atoms with Crippen molar-refractivity contribution in [3.05, 3.63) is 33.8 Å². The van der Waals surface area contributed by atoms with E-state index < -0.39 is 30.1 Å². The van der Waals surface area contributed by atoms with Crippen molar-refractivity contribution in [3.63, 3.8) is 0 Å². The molecule has 0 aliphatic carbocycles. The Hall–Kier alpha value is -1.30. The number of aryl methyl sites for hydroxylation is 1. The summed E-state index contributed by atoms with van der Waals surface area (Å²) in [4.78, 5) is 22.4. The molecule has 2 N–H and O–H groups in total. The van der Waals surface area contributed by atoms with Gasteiger partial charge in [-0.25, -0.2) is 4.79 Å². The number of hydrogen-bond acceptors (Lipinski definition) is 4. The zero-order valence-corrected chi connectivity index (χ0v) is 15.4. The Morgan fingerprint density at radius 3 is 2.64 bits per heavy atom. The number of carbonyl (C=O) groups excluding carboxylic acids is 1. The van der Waals surface area contributed by atoms with Crippen molar-refractivity contribution < 1.29 is 24.5 Å². The van der Waals surface area contributed by atoms with Gasteiger partial charge in [0.1, 0.15) is 6.10 Å². The fourth-order valence-electron chi connectivity index (χ4n) is 3.08. The number of cyclic esters (lactones) is 1. The summed E-state index contributed by atoms with van der Waals surface area (Å²) in [6.07, 6.45) is 4.40. The molecular weight excluding hydrogens is 367 g/mol. The predicted molar refractivity (Wildman–Crippen MR) is 95.0 cm³/mol. The Kier molecular flexibility index (Phi) is 7.11. The number of benzene rings is 1. The molecule has 138 valence electrons. The quantitative estimate of drug-likeness (QED) is 0.493. The van der Waals surface area contributed by atoms with Crippen molar-refractivity contribution in [2.24, 2.45) is 0 Å². The van der Waals surface area contributed by atoms with Gasteiger partial charge >= 0.3 is 11.9 Å². The molecule has 1 fully saturated rings. The highest BCUT2D eigenvalue weighted by molar-refractivity contribution is 6.35. The maximum atomic E-state index is 11.6. The monoisotopic (exact) mass is 388 g/mol. The number of rotatable bonds is 9. The number of ether oxygens (including phenoxy) is 1. The lowest BCUT2D eigenvalue weighted by Gasteiger charge is -2.14. The van der Waals surface area contributed by atoms with E-state index in [-0.39, 0.29) is 6.42 Å². The lowest BCUT2D eigenvalue weighted by atomic mass is 9.93. The van der Waals surface area contributed by atoms with Crippen LogP contribution in [0.2, 0.25) is 10.0 Å². The molecule has 1 saturated heterocycles. The van der Waals surface area contributed by atoms with E-state index in [4.69, 9.17) is 33.0 Å². The van der Waals surface area contributed by atoms with Crippen molar-refractivity contribution in [3.8, 4) is 0 Å². The molecule has 2 rings (SSSR count). The highest BCUT2D eigenvalue weighted by Crippen LogP contribution is 2.31. The van der Waals surface area contributed by atoms with Gasteiger partial charge in [0.25, 0.3) is 0 Å². The van der Waals surface area contributed by atoms with Crippen LogP contribution in [0.5, 0.6) is 0 Å². The lowest BCUT2D eigenvalue weighted by Crippen LogP contribution is -2.36. The molecule has 1 aromatic rings. The Labute approximate surface area is 156 Å². The van der Waals surface area contributed by atoms with Crippen LogP contribution in [0.15, 0.2) is 18.2 Å². The SMILES string of the molecule is O=C(O)C[C@@]1(O)CC(CCCCCCc2ccc(Cl)cc2Cl)OC1=O. The Morgan fingerprint density at radius 1 is 1.24 bits per heavy atom. The number of aliphatic hydroxyl groups is 1. The minimum absolute atomic E-state index is 0.0541. The molecule has 2 atom stereocenters. The molecule has 0 radical (unpaired) electrons. The Bertz CT molecular complexity index is 634. The normalized spacial score (nSPS) is 22.8. The van der Waals surface area contributed by atoms with Crippen molar-refractivity contribution >= 4 is 35.1 Å². The summed E-state index contributed by atoms with van der Waals surface area (Å²) in [5.41, 5.74) is -0.795. The van der Waals surface area contributed by atoms with Crippen LogP contribution >= 0.6 is 23.2 Å². The van der Waals surface area contributed by atoms with Crippen LogP contribution in [-0.4, -0.2) is 33.9 Å². The standard InChI is InChI=1S/C18H22Cl2O5/c19-13-8-7-12(15(20)9-13)5-3-1-2-4-6-14-10-18(24,11-16(21)22)17(23)25-14/h7-9,14,24H,1-6,10-11H2,(H,21,22)/t14?,18-/m0/s1. The number of halogens is 2. The van der Waals surface area contributed by atoms with Crippen molar-refractivity contribution in [1.82, 2.24) is 0 Å². The molecule has 1 aliphatic heterocycles. The molecule has 0 bridgehead atoms. The first-order valence-corrected chi connectivity index (χ1v) is 9.15. The number of aliphatic carboxylic acids is 1. The van der Waals surface area contributed by atoms with Crippen molar-refractivity contribution in [2.75, 3.05) is 0 Å². The fourth-order valence-corrected chi connectivity index (χ4v) is 3.59. The number of carboxylic acid groups (broad SMARTS) is 1. The molecule has 0 saturated carbocycles. The molecule has 0 amide bonds. The summed E-state index contributed by atoms with van der Waals surface area (Å²) in [5, 5.41) is 20.1. The Morgan fingerprint density at radius 2 is 1.96 bits per heavy atom. The molecule has 0 aromatic heterocycles. The number of esters is 1. The van der Waals surface area contributed by atoms with Crippen LogP contribution in [0.25, 0.3) is 0 Å². The van der Waals surface area contributed by atoms with Gasteiger partial charge in [-0.3, -0.25) is 4.79 Å². The maximum absolute atomic E-state index is 11.6. The zero-order chi connectivity index (χ0) is 18.4. The third-order valence-corrected chi connectivity index (χ3v) is 4.99. The molecule has 25 heavy (non-hydrogen) atoms. The van der Waals surface area contributed by atoms with Gasteiger partial charge < -0.3 is 14.9 Å². The van der Waals surface area contributed by atoms with E-state index >= 15 is 0 Å². The molecule has 1 aromatic carbocycles. The van der Waals surface area contributed by atoms with E-state index in [2.05, 4.69) is 0 Å². The molecular formula is C18H22Cl2O5. The third kappa shape index (κ3) is 5.87. The van der Waals surface area contributed by atoms with E-state index in [9.17, 15) is 14.7 Å². The number of carboxylic acids is 1. The van der Waals surface area contributed by atoms with Crippen LogP contribution < -0.4 is 0 Å². The third-order valence-electron chi connectivity index (χ3n) is 4.40. The van der Waals surface area contributed by atoms with Gasteiger partial charge in [0.05, 0.1) is 6.42 Å². The summed E-state index contributed by atoms with van der Waals surface area (Å²) in [5.74, 6) is -2.03. The summed E-state index contributed by atoms with van der Waals surface area (Å²) >= 11 is 12.0. The first-order chi connectivity index (χ1) is 11.8. The first kappa shape index (κ1) is 20.0. The number of unbranched alkanes of at least 4 members (excludes halogenated alkanes) is 3. The molecule has 7 heteroatoms. The van der Waals surface area contributed by atoms with Crippen LogP contribution in [0.3, 0.4) is 0 Å². The fraction of sp³-hybridized carbons (Fsp3) is 0.556. The first-order valence-electron chi connectivity index (χ1n) is 8.39. The predicted octanol–water partition coefficient (Wildman–Crippen LogP) is 4.01. The van der Waals surface area contributed by atoms with Gasteiger partial charge in [0.2, 0.25) is 0 Å². The van der Waals surface area contributed by atoms with Crippen LogP contribution in [0.1, 0.15) is 50.5 Å². The topological polar surface area (TPSA) is 83.8 Å². The Balaban J connectivity index is 1.63. The second-order valence-corrected chi connectivity index (χ2v) is 7.37. The summed E-state index contributed by atoms with van der Waals surface area (Å²) in [6.45, 7) is 0. The smallest absolute Gasteiger partial charge is 0.339 e. The van der Waals surface area contributed by atoms with Gasteiger partial charge in [0, 0.05) is 16.5 Å². The number of carbonyl (C=O) groups is 2. The summed E-state index contributed by atoms with van der Waals surface area (Å²) in [7, 11) is 0. The minimum atomic E-state index is -1.87. The van der Waals surface area contributed by atoms with E-state index in [0.29, 0.717) is 16.5 Å².